The fraction of sp³-hybridized carbons (Fsp3) is 0.0476. The molecule has 0 saturated carbocycles. The Labute approximate surface area is 161 Å². The van der Waals surface area contributed by atoms with Gasteiger partial charge in [-0.15, -0.1) is 0 Å². The van der Waals surface area contributed by atoms with Crippen LogP contribution < -0.4 is 10.7 Å². The van der Waals surface area contributed by atoms with E-state index in [1.807, 2.05) is 30.3 Å². The molecular formula is C21H17N3O4. The molecule has 0 aliphatic heterocycles. The van der Waals surface area contributed by atoms with E-state index in [4.69, 9.17) is 0 Å². The van der Waals surface area contributed by atoms with E-state index in [0.29, 0.717) is 16.8 Å². The summed E-state index contributed by atoms with van der Waals surface area (Å²) in [6.07, 6.45) is 1.37. The van der Waals surface area contributed by atoms with E-state index in [2.05, 4.69) is 20.6 Å². The fourth-order valence-corrected chi connectivity index (χ4v) is 2.55. The number of fused-ring (bicyclic) bond motifs is 1. The van der Waals surface area contributed by atoms with Gasteiger partial charge in [0.25, 0.3) is 0 Å². The summed E-state index contributed by atoms with van der Waals surface area (Å²) in [5.41, 5.74) is 3.76. The zero-order valence-electron chi connectivity index (χ0n) is 15.0. The number of anilines is 1. The zero-order chi connectivity index (χ0) is 19.9. The third-order valence-corrected chi connectivity index (χ3v) is 3.96. The summed E-state index contributed by atoms with van der Waals surface area (Å²) >= 11 is 0. The van der Waals surface area contributed by atoms with Crippen LogP contribution in [0.15, 0.2) is 71.8 Å². The van der Waals surface area contributed by atoms with Crippen molar-refractivity contribution in [1.29, 1.82) is 0 Å². The number of ether oxygens (including phenoxy) is 1. The van der Waals surface area contributed by atoms with Gasteiger partial charge in [-0.05, 0) is 29.1 Å². The molecule has 2 amide bonds. The second kappa shape index (κ2) is 8.59. The van der Waals surface area contributed by atoms with E-state index in [9.17, 15) is 14.4 Å². The average molecular weight is 375 g/mol. The number of benzene rings is 3. The Bertz CT molecular complexity index is 1050. The van der Waals surface area contributed by atoms with Crippen molar-refractivity contribution >= 4 is 40.5 Å². The molecule has 2 N–H and O–H groups in total. The minimum Gasteiger partial charge on any atom is -0.465 e. The first kappa shape index (κ1) is 18.8. The van der Waals surface area contributed by atoms with Crippen molar-refractivity contribution in [3.8, 4) is 0 Å². The summed E-state index contributed by atoms with van der Waals surface area (Å²) in [5.74, 6) is -2.16. The highest BCUT2D eigenvalue weighted by molar-refractivity contribution is 6.40. The number of hydrogen-bond donors (Lipinski definition) is 2. The van der Waals surface area contributed by atoms with E-state index in [1.54, 1.807) is 36.4 Å². The molecule has 0 aliphatic carbocycles. The lowest BCUT2D eigenvalue weighted by Crippen LogP contribution is -2.32. The van der Waals surface area contributed by atoms with Crippen LogP contribution in [0, 0.1) is 0 Å². The lowest BCUT2D eigenvalue weighted by atomic mass is 10.1. The molecular weight excluding hydrogens is 358 g/mol. The second-order valence-electron chi connectivity index (χ2n) is 5.79. The predicted molar refractivity (Wildman–Crippen MR) is 106 cm³/mol. The minimum absolute atomic E-state index is 0.401. The summed E-state index contributed by atoms with van der Waals surface area (Å²) < 4.78 is 4.62. The molecule has 28 heavy (non-hydrogen) atoms. The standard InChI is InChI=1S/C21H17N3O4/c1-28-21(27)16-11-9-14(10-12-16)13-22-24-20(26)19(25)23-18-8-4-6-15-5-2-3-7-17(15)18/h2-13H,1H3,(H,23,25)(H,24,26)/b22-13+. The maximum absolute atomic E-state index is 12.1. The molecule has 0 spiro atoms. The van der Waals surface area contributed by atoms with Crippen LogP contribution in [0.1, 0.15) is 15.9 Å². The van der Waals surface area contributed by atoms with Gasteiger partial charge in [-0.2, -0.15) is 5.10 Å². The number of nitrogens with zero attached hydrogens (tertiary/aromatic N) is 1. The monoisotopic (exact) mass is 375 g/mol. The predicted octanol–water partition coefficient (Wildman–Crippen LogP) is 2.72. The second-order valence-corrected chi connectivity index (χ2v) is 5.79. The number of amides is 2. The van der Waals surface area contributed by atoms with Gasteiger partial charge in [-0.1, -0.05) is 48.5 Å². The van der Waals surface area contributed by atoms with E-state index < -0.39 is 17.8 Å². The first-order valence-corrected chi connectivity index (χ1v) is 8.39. The van der Waals surface area contributed by atoms with E-state index in [1.165, 1.54) is 13.3 Å². The van der Waals surface area contributed by atoms with Crippen LogP contribution >= 0.6 is 0 Å². The van der Waals surface area contributed by atoms with Gasteiger partial charge in [0.15, 0.2) is 0 Å². The fourth-order valence-electron chi connectivity index (χ4n) is 2.55. The Morgan fingerprint density at radius 1 is 0.893 bits per heavy atom. The number of hydrogen-bond acceptors (Lipinski definition) is 5. The lowest BCUT2D eigenvalue weighted by Gasteiger charge is -2.07. The molecule has 0 saturated heterocycles. The van der Waals surface area contributed by atoms with E-state index >= 15 is 0 Å². The third-order valence-electron chi connectivity index (χ3n) is 3.96. The van der Waals surface area contributed by atoms with Crippen LogP contribution in [0.5, 0.6) is 0 Å². The molecule has 0 aromatic heterocycles. The molecule has 140 valence electrons. The van der Waals surface area contributed by atoms with Crippen molar-refractivity contribution in [2.75, 3.05) is 12.4 Å². The normalized spacial score (nSPS) is 10.6. The van der Waals surface area contributed by atoms with Crippen LogP contribution in [0.3, 0.4) is 0 Å². The first-order chi connectivity index (χ1) is 13.6. The van der Waals surface area contributed by atoms with Crippen molar-refractivity contribution in [3.63, 3.8) is 0 Å². The maximum Gasteiger partial charge on any atom is 0.337 e. The summed E-state index contributed by atoms with van der Waals surface area (Å²) in [6, 6.07) is 19.4. The van der Waals surface area contributed by atoms with Gasteiger partial charge >= 0.3 is 17.8 Å². The Morgan fingerprint density at radius 3 is 2.36 bits per heavy atom. The largest absolute Gasteiger partial charge is 0.465 e. The Kier molecular flexibility index (Phi) is 5.76. The van der Waals surface area contributed by atoms with Crippen molar-refractivity contribution in [2.24, 2.45) is 5.10 Å². The van der Waals surface area contributed by atoms with Gasteiger partial charge < -0.3 is 10.1 Å². The lowest BCUT2D eigenvalue weighted by molar-refractivity contribution is -0.136. The summed E-state index contributed by atoms with van der Waals surface area (Å²) in [5, 5.41) is 8.13. The molecule has 0 radical (unpaired) electrons. The highest BCUT2D eigenvalue weighted by Crippen LogP contribution is 2.22. The van der Waals surface area contributed by atoms with Gasteiger partial charge in [-0.3, -0.25) is 9.59 Å². The molecule has 3 rings (SSSR count). The summed E-state index contributed by atoms with van der Waals surface area (Å²) in [7, 11) is 1.30. The molecule has 0 heterocycles. The molecule has 0 aliphatic rings. The molecule has 0 atom stereocenters. The van der Waals surface area contributed by atoms with Crippen molar-refractivity contribution < 1.29 is 19.1 Å². The van der Waals surface area contributed by atoms with Gasteiger partial charge in [0.2, 0.25) is 0 Å². The Morgan fingerprint density at radius 2 is 1.61 bits per heavy atom. The van der Waals surface area contributed by atoms with Gasteiger partial charge in [-0.25, -0.2) is 10.2 Å². The minimum atomic E-state index is -0.893. The van der Waals surface area contributed by atoms with Gasteiger partial charge in [0, 0.05) is 11.1 Å². The van der Waals surface area contributed by atoms with E-state index in [-0.39, 0.29) is 0 Å². The molecule has 0 fully saturated rings. The van der Waals surface area contributed by atoms with Crippen LogP contribution in [0.4, 0.5) is 5.69 Å². The maximum atomic E-state index is 12.1. The Balaban J connectivity index is 1.60. The van der Waals surface area contributed by atoms with Crippen LogP contribution in [0.25, 0.3) is 10.8 Å². The molecule has 7 heteroatoms. The van der Waals surface area contributed by atoms with Gasteiger partial charge in [0.05, 0.1) is 18.9 Å². The molecule has 3 aromatic carbocycles. The zero-order valence-corrected chi connectivity index (χ0v) is 15.0. The van der Waals surface area contributed by atoms with Crippen molar-refractivity contribution in [3.05, 3.63) is 77.9 Å². The molecule has 0 unspecified atom stereocenters. The number of esters is 1. The quantitative estimate of drug-likeness (QED) is 0.317. The topological polar surface area (TPSA) is 96.9 Å². The third kappa shape index (κ3) is 4.39. The number of carbonyl (C=O) groups is 3. The summed E-state index contributed by atoms with van der Waals surface area (Å²) in [6.45, 7) is 0. The number of hydrazone groups is 1. The SMILES string of the molecule is COC(=O)c1ccc(/C=N/NC(=O)C(=O)Nc2cccc3ccccc23)cc1. The molecule has 0 bridgehead atoms. The molecule has 3 aromatic rings. The molecule has 7 nitrogen and oxygen atoms in total. The number of methoxy groups -OCH3 is 1. The van der Waals surface area contributed by atoms with E-state index in [0.717, 1.165) is 10.8 Å². The number of carbonyl (C=O) groups excluding carboxylic acids is 3. The Hall–Kier alpha value is -4.00. The first-order valence-electron chi connectivity index (χ1n) is 8.39. The van der Waals surface area contributed by atoms with Crippen LogP contribution in [-0.4, -0.2) is 31.1 Å². The number of rotatable bonds is 4. The highest BCUT2D eigenvalue weighted by Gasteiger charge is 2.14. The van der Waals surface area contributed by atoms with Crippen LogP contribution in [-0.2, 0) is 14.3 Å². The van der Waals surface area contributed by atoms with Gasteiger partial charge in [0.1, 0.15) is 0 Å². The highest BCUT2D eigenvalue weighted by atomic mass is 16.5. The van der Waals surface area contributed by atoms with Crippen molar-refractivity contribution in [1.82, 2.24) is 5.43 Å². The average Bonchev–Trinajstić information content (AvgIpc) is 2.73. The van der Waals surface area contributed by atoms with Crippen LogP contribution in [0.2, 0.25) is 0 Å². The smallest absolute Gasteiger partial charge is 0.337 e. The van der Waals surface area contributed by atoms with Crippen molar-refractivity contribution in [2.45, 2.75) is 0 Å². The number of nitrogens with one attached hydrogen (secondary N) is 2. The summed E-state index contributed by atoms with van der Waals surface area (Å²) in [4.78, 5) is 35.4.